The number of amides is 1. The van der Waals surface area contributed by atoms with Crippen molar-refractivity contribution in [2.24, 2.45) is 0 Å². The third-order valence-corrected chi connectivity index (χ3v) is 3.46. The number of hydrogen-bond acceptors (Lipinski definition) is 4. The number of hydrogen-bond donors (Lipinski definition) is 1. The van der Waals surface area contributed by atoms with E-state index in [0.717, 1.165) is 0 Å². The van der Waals surface area contributed by atoms with Gasteiger partial charge in [-0.15, -0.1) is 0 Å². The number of ether oxygens (including phenoxy) is 2. The van der Waals surface area contributed by atoms with Gasteiger partial charge in [0.25, 0.3) is 5.91 Å². The van der Waals surface area contributed by atoms with Crippen LogP contribution in [-0.4, -0.2) is 47.7 Å². The van der Waals surface area contributed by atoms with Gasteiger partial charge in [0.2, 0.25) is 0 Å². The maximum absolute atomic E-state index is 12.5. The molecule has 1 amide bonds. The van der Waals surface area contributed by atoms with Gasteiger partial charge in [0, 0.05) is 12.6 Å². The van der Waals surface area contributed by atoms with E-state index in [0.29, 0.717) is 30.3 Å². The molecule has 0 saturated carbocycles. The Morgan fingerprint density at radius 3 is 2.18 bits per heavy atom. The van der Waals surface area contributed by atoms with Gasteiger partial charge in [0.05, 0.1) is 13.2 Å². The molecule has 1 rings (SSSR count). The maximum atomic E-state index is 12.5. The second kappa shape index (κ2) is 7.15. The molecular formula is C16H23NO5. The molecule has 6 heteroatoms. The summed E-state index contributed by atoms with van der Waals surface area (Å²) in [5.41, 5.74) is -0.953. The molecular weight excluding hydrogens is 286 g/mol. The summed E-state index contributed by atoms with van der Waals surface area (Å²) in [6.07, 6.45) is 0. The topological polar surface area (TPSA) is 76.1 Å². The zero-order valence-corrected chi connectivity index (χ0v) is 13.7. The molecule has 1 N–H and O–H groups in total. The molecule has 0 fully saturated rings. The lowest BCUT2D eigenvalue weighted by molar-refractivity contribution is -0.147. The first-order valence-electron chi connectivity index (χ1n) is 7.16. The largest absolute Gasteiger partial charge is 0.490 e. The van der Waals surface area contributed by atoms with Gasteiger partial charge in [-0.2, -0.15) is 0 Å². The molecule has 0 aliphatic carbocycles. The van der Waals surface area contributed by atoms with Crippen molar-refractivity contribution in [2.75, 3.05) is 20.3 Å². The van der Waals surface area contributed by atoms with E-state index in [9.17, 15) is 14.7 Å². The van der Waals surface area contributed by atoms with E-state index in [1.165, 1.54) is 25.8 Å². The van der Waals surface area contributed by atoms with Crippen molar-refractivity contribution < 1.29 is 24.2 Å². The highest BCUT2D eigenvalue weighted by Gasteiger charge is 2.35. The Bertz CT molecular complexity index is 553. The number of aliphatic carboxylic acids is 1. The number of carbonyl (C=O) groups is 2. The summed E-state index contributed by atoms with van der Waals surface area (Å²) < 4.78 is 10.9. The Hall–Kier alpha value is -2.24. The molecule has 22 heavy (non-hydrogen) atoms. The normalized spacial score (nSPS) is 11.0. The Balaban J connectivity index is 3.13. The van der Waals surface area contributed by atoms with Crippen molar-refractivity contribution in [3.63, 3.8) is 0 Å². The van der Waals surface area contributed by atoms with Crippen molar-refractivity contribution in [3.05, 3.63) is 23.8 Å². The summed E-state index contributed by atoms with van der Waals surface area (Å²) in [7, 11) is 1.47. The molecule has 0 saturated heterocycles. The van der Waals surface area contributed by atoms with Gasteiger partial charge >= 0.3 is 5.97 Å². The average Bonchev–Trinajstić information content (AvgIpc) is 2.47. The van der Waals surface area contributed by atoms with Crippen LogP contribution < -0.4 is 9.47 Å². The van der Waals surface area contributed by atoms with Crippen molar-refractivity contribution >= 4 is 11.9 Å². The fraction of sp³-hybridized carbons (Fsp3) is 0.500. The molecule has 0 radical (unpaired) electrons. The molecule has 122 valence electrons. The number of carbonyl (C=O) groups excluding carboxylic acids is 1. The minimum absolute atomic E-state index is 0.351. The van der Waals surface area contributed by atoms with Gasteiger partial charge in [-0.25, -0.2) is 4.79 Å². The highest BCUT2D eigenvalue weighted by Crippen LogP contribution is 2.29. The zero-order valence-electron chi connectivity index (χ0n) is 13.7. The first-order chi connectivity index (χ1) is 10.3. The summed E-state index contributed by atoms with van der Waals surface area (Å²) in [6, 6.07) is 4.83. The Morgan fingerprint density at radius 2 is 1.68 bits per heavy atom. The predicted molar refractivity (Wildman–Crippen MR) is 82.6 cm³/mol. The number of carboxylic acids is 1. The summed E-state index contributed by atoms with van der Waals surface area (Å²) in [4.78, 5) is 25.0. The van der Waals surface area contributed by atoms with E-state index < -0.39 is 17.4 Å². The van der Waals surface area contributed by atoms with Crippen molar-refractivity contribution in [2.45, 2.75) is 33.2 Å². The summed E-state index contributed by atoms with van der Waals surface area (Å²) in [6.45, 7) is 7.58. The van der Waals surface area contributed by atoms with E-state index in [-0.39, 0.29) is 0 Å². The minimum atomic E-state index is -1.30. The molecule has 1 aromatic carbocycles. The van der Waals surface area contributed by atoms with Gasteiger partial charge in [-0.3, -0.25) is 4.79 Å². The lowest BCUT2D eigenvalue weighted by atomic mass is 10.0. The van der Waals surface area contributed by atoms with Crippen LogP contribution >= 0.6 is 0 Å². The van der Waals surface area contributed by atoms with Gasteiger partial charge in [-0.1, -0.05) is 0 Å². The van der Waals surface area contributed by atoms with Crippen LogP contribution in [0.5, 0.6) is 11.5 Å². The second-order valence-electron chi connectivity index (χ2n) is 5.26. The van der Waals surface area contributed by atoms with Crippen LogP contribution in [0.1, 0.15) is 38.1 Å². The number of likely N-dealkylation sites (N-methyl/N-ethyl adjacent to an activating group) is 1. The summed E-state index contributed by atoms with van der Waals surface area (Å²) in [5.74, 6) is -0.437. The van der Waals surface area contributed by atoms with E-state index in [4.69, 9.17) is 9.47 Å². The standard InChI is InChI=1S/C16H23NO5/c1-6-21-12-9-8-11(10-13(12)22-7-2)14(18)17(5)16(3,4)15(19)20/h8-10H,6-7H2,1-5H3,(H,19,20). The van der Waals surface area contributed by atoms with Crippen molar-refractivity contribution in [1.29, 1.82) is 0 Å². The lowest BCUT2D eigenvalue weighted by Gasteiger charge is -2.31. The van der Waals surface area contributed by atoms with Gasteiger partial charge < -0.3 is 19.5 Å². The molecule has 0 aliphatic heterocycles. The molecule has 6 nitrogen and oxygen atoms in total. The summed E-state index contributed by atoms with van der Waals surface area (Å²) in [5, 5.41) is 9.22. The SMILES string of the molecule is CCOc1ccc(C(=O)N(C)C(C)(C)C(=O)O)cc1OCC. The monoisotopic (exact) mass is 309 g/mol. The Morgan fingerprint density at radius 1 is 1.14 bits per heavy atom. The van der Waals surface area contributed by atoms with E-state index in [2.05, 4.69) is 0 Å². The molecule has 0 atom stereocenters. The molecule has 0 unspecified atom stereocenters. The van der Waals surface area contributed by atoms with E-state index >= 15 is 0 Å². The fourth-order valence-corrected chi connectivity index (χ4v) is 1.78. The smallest absolute Gasteiger partial charge is 0.329 e. The quantitative estimate of drug-likeness (QED) is 0.837. The average molecular weight is 309 g/mol. The van der Waals surface area contributed by atoms with Crippen LogP contribution in [0.4, 0.5) is 0 Å². The first kappa shape index (κ1) is 17.8. The highest BCUT2D eigenvalue weighted by molar-refractivity contribution is 5.98. The van der Waals surface area contributed by atoms with Crippen LogP contribution in [0.25, 0.3) is 0 Å². The van der Waals surface area contributed by atoms with Gasteiger partial charge in [0.15, 0.2) is 11.5 Å². The van der Waals surface area contributed by atoms with Crippen LogP contribution in [0.3, 0.4) is 0 Å². The number of benzene rings is 1. The van der Waals surface area contributed by atoms with Crippen LogP contribution in [0.2, 0.25) is 0 Å². The predicted octanol–water partition coefficient (Wildman–Crippen LogP) is 2.42. The Labute approximate surface area is 130 Å². The molecule has 1 aromatic rings. The van der Waals surface area contributed by atoms with Crippen LogP contribution in [0.15, 0.2) is 18.2 Å². The molecule has 0 bridgehead atoms. The maximum Gasteiger partial charge on any atom is 0.329 e. The van der Waals surface area contributed by atoms with Crippen molar-refractivity contribution in [3.8, 4) is 11.5 Å². The van der Waals surface area contributed by atoms with Crippen molar-refractivity contribution in [1.82, 2.24) is 4.90 Å². The highest BCUT2D eigenvalue weighted by atomic mass is 16.5. The first-order valence-corrected chi connectivity index (χ1v) is 7.16. The molecule has 0 aromatic heterocycles. The summed E-state index contributed by atoms with van der Waals surface area (Å²) >= 11 is 0. The van der Waals surface area contributed by atoms with E-state index in [1.54, 1.807) is 18.2 Å². The number of carboxylic acid groups (broad SMARTS) is 1. The molecule has 0 heterocycles. The lowest BCUT2D eigenvalue weighted by Crippen LogP contribution is -2.50. The third kappa shape index (κ3) is 3.69. The fourth-order valence-electron chi connectivity index (χ4n) is 1.78. The Kier molecular flexibility index (Phi) is 5.79. The zero-order chi connectivity index (χ0) is 16.9. The third-order valence-electron chi connectivity index (χ3n) is 3.46. The van der Waals surface area contributed by atoms with Gasteiger partial charge in [0.1, 0.15) is 5.54 Å². The number of rotatable bonds is 7. The van der Waals surface area contributed by atoms with E-state index in [1.807, 2.05) is 13.8 Å². The van der Waals surface area contributed by atoms with Crippen LogP contribution in [-0.2, 0) is 4.79 Å². The number of nitrogens with zero attached hydrogens (tertiary/aromatic N) is 1. The second-order valence-corrected chi connectivity index (χ2v) is 5.26. The molecule has 0 aliphatic rings. The van der Waals surface area contributed by atoms with Crippen LogP contribution in [0, 0.1) is 0 Å². The minimum Gasteiger partial charge on any atom is -0.490 e. The molecule has 0 spiro atoms. The van der Waals surface area contributed by atoms with Gasteiger partial charge in [-0.05, 0) is 45.9 Å².